The lowest BCUT2D eigenvalue weighted by Crippen LogP contribution is -2.41. The fourth-order valence-corrected chi connectivity index (χ4v) is 3.93. The number of unbranched alkanes of at least 4 members (excludes halogenated alkanes) is 14. The number of ether oxygens (including phenoxy) is 1. The third-order valence-corrected chi connectivity index (χ3v) is 6.11. The predicted molar refractivity (Wildman–Crippen MR) is 126 cm³/mol. The fourth-order valence-electron chi connectivity index (χ4n) is 3.93. The van der Waals surface area contributed by atoms with Gasteiger partial charge < -0.3 is 14.3 Å². The largest absolute Gasteiger partial charge is 0.829 e. The Balaban J connectivity index is 3.47. The third-order valence-electron chi connectivity index (χ3n) is 6.11. The Morgan fingerprint density at radius 1 is 0.677 bits per heavy atom. The fraction of sp³-hybridized carbons (Fsp3) is 0.923. The van der Waals surface area contributed by atoms with E-state index in [2.05, 4.69) is 21.0 Å². The van der Waals surface area contributed by atoms with Crippen LogP contribution in [0.5, 0.6) is 0 Å². The average molecular weight is 436 g/mol. The second-order valence-electron chi connectivity index (χ2n) is 9.66. The van der Waals surface area contributed by atoms with Gasteiger partial charge in [-0.3, -0.25) is 0 Å². The van der Waals surface area contributed by atoms with Crippen LogP contribution in [-0.2, 0) is 4.74 Å². The van der Waals surface area contributed by atoms with Crippen LogP contribution in [0.2, 0.25) is 0 Å². The second kappa shape index (κ2) is 20.7. The highest BCUT2D eigenvalue weighted by molar-refractivity contribution is 5.00. The summed E-state index contributed by atoms with van der Waals surface area (Å²) in [4.78, 5) is 0. The molecule has 0 saturated heterocycles. The van der Waals surface area contributed by atoms with Crippen molar-refractivity contribution in [1.29, 1.82) is 10.5 Å². The van der Waals surface area contributed by atoms with Crippen LogP contribution in [0, 0.1) is 28.6 Å². The van der Waals surface area contributed by atoms with Gasteiger partial charge in [-0.15, -0.1) is 0 Å². The number of quaternary nitrogens is 1. The Kier molecular flexibility index (Phi) is 20.0. The van der Waals surface area contributed by atoms with E-state index in [1.54, 1.807) is 12.1 Å². The maximum Gasteiger partial charge on any atom is 0.144 e. The lowest BCUT2D eigenvalue weighted by Gasteiger charge is -2.30. The van der Waals surface area contributed by atoms with Crippen molar-refractivity contribution in [3.05, 3.63) is 0 Å². The van der Waals surface area contributed by atoms with Crippen LogP contribution in [0.4, 0.5) is 0 Å². The second-order valence-corrected chi connectivity index (χ2v) is 9.66. The summed E-state index contributed by atoms with van der Waals surface area (Å²) >= 11 is 0. The molecule has 0 rings (SSSR count). The SMILES string of the molecule is CCCCCCCCCCCCCCCC[N+](C)(C)CCCCOC([O-])C(C#N)C#N. The monoisotopic (exact) mass is 435 g/mol. The number of nitriles is 2. The molecule has 0 radical (unpaired) electrons. The molecule has 0 aromatic rings. The van der Waals surface area contributed by atoms with E-state index in [-0.39, 0.29) is 0 Å². The molecule has 1 atom stereocenters. The number of rotatable bonds is 22. The predicted octanol–water partition coefficient (Wildman–Crippen LogP) is 5.69. The van der Waals surface area contributed by atoms with Crippen LogP contribution in [0.3, 0.4) is 0 Å². The van der Waals surface area contributed by atoms with Gasteiger partial charge in [0.2, 0.25) is 0 Å². The molecule has 5 nitrogen and oxygen atoms in total. The van der Waals surface area contributed by atoms with Crippen molar-refractivity contribution in [1.82, 2.24) is 0 Å². The minimum Gasteiger partial charge on any atom is -0.829 e. The molecule has 0 aliphatic carbocycles. The zero-order valence-electron chi connectivity index (χ0n) is 20.7. The molecule has 31 heavy (non-hydrogen) atoms. The van der Waals surface area contributed by atoms with Crippen molar-refractivity contribution in [2.24, 2.45) is 5.92 Å². The molecular formula is C26H49N3O2. The van der Waals surface area contributed by atoms with Crippen molar-refractivity contribution < 1.29 is 14.3 Å². The van der Waals surface area contributed by atoms with Crippen molar-refractivity contribution in [3.63, 3.8) is 0 Å². The first-order valence-corrected chi connectivity index (χ1v) is 12.9. The Morgan fingerprint density at radius 3 is 1.48 bits per heavy atom. The molecule has 0 bridgehead atoms. The van der Waals surface area contributed by atoms with E-state index < -0.39 is 12.2 Å². The molecule has 5 heteroatoms. The van der Waals surface area contributed by atoms with Gasteiger partial charge >= 0.3 is 0 Å². The van der Waals surface area contributed by atoms with Crippen LogP contribution < -0.4 is 5.11 Å². The minimum atomic E-state index is -1.55. The van der Waals surface area contributed by atoms with E-state index in [0.29, 0.717) is 6.61 Å². The van der Waals surface area contributed by atoms with Gasteiger partial charge in [0.1, 0.15) is 5.92 Å². The Bertz CT molecular complexity index is 468. The molecule has 0 saturated carbocycles. The molecule has 0 aromatic heterocycles. The van der Waals surface area contributed by atoms with E-state index in [4.69, 9.17) is 15.3 Å². The normalized spacial score (nSPS) is 12.6. The standard InChI is InChI=1S/C26H49N3O2/c1-4-5-6-7-8-9-10-11-12-13-14-15-16-17-20-29(2,3)21-18-19-22-31-26(30)25(23-27)24-28/h25-26H,4-22H2,1-3H3. The van der Waals surface area contributed by atoms with Crippen molar-refractivity contribution in [2.45, 2.75) is 116 Å². The highest BCUT2D eigenvalue weighted by Crippen LogP contribution is 2.14. The van der Waals surface area contributed by atoms with Crippen LogP contribution in [0.25, 0.3) is 0 Å². The van der Waals surface area contributed by atoms with E-state index >= 15 is 0 Å². The summed E-state index contributed by atoms with van der Waals surface area (Å²) in [5.41, 5.74) is 0. The van der Waals surface area contributed by atoms with E-state index in [0.717, 1.165) is 23.9 Å². The molecule has 0 aromatic carbocycles. The van der Waals surface area contributed by atoms with E-state index in [9.17, 15) is 5.11 Å². The molecule has 1 unspecified atom stereocenters. The molecule has 0 fully saturated rings. The van der Waals surface area contributed by atoms with E-state index in [1.165, 1.54) is 96.4 Å². The number of hydrogen-bond donors (Lipinski definition) is 0. The molecule has 0 aliphatic rings. The summed E-state index contributed by atoms with van der Waals surface area (Å²) in [6, 6.07) is 3.35. The lowest BCUT2D eigenvalue weighted by atomic mass is 10.0. The van der Waals surface area contributed by atoms with Gasteiger partial charge in [0.15, 0.2) is 0 Å². The highest BCUT2D eigenvalue weighted by Gasteiger charge is 2.14. The molecule has 0 heterocycles. The van der Waals surface area contributed by atoms with Gasteiger partial charge in [-0.05, 0) is 25.7 Å². The van der Waals surface area contributed by atoms with E-state index in [1.807, 2.05) is 0 Å². The topological polar surface area (TPSA) is 79.9 Å². The van der Waals surface area contributed by atoms with Gasteiger partial charge in [0.05, 0.1) is 39.3 Å². The third kappa shape index (κ3) is 19.3. The van der Waals surface area contributed by atoms with Crippen molar-refractivity contribution >= 4 is 0 Å². The molecule has 0 amide bonds. The van der Waals surface area contributed by atoms with Crippen molar-refractivity contribution in [3.8, 4) is 12.1 Å². The minimum absolute atomic E-state index is 0.326. The summed E-state index contributed by atoms with van der Waals surface area (Å²) < 4.78 is 6.08. The van der Waals surface area contributed by atoms with Gasteiger partial charge in [-0.25, -0.2) is 0 Å². The molecule has 180 valence electrons. The highest BCUT2D eigenvalue weighted by atomic mass is 16.6. The van der Waals surface area contributed by atoms with Gasteiger partial charge in [0.25, 0.3) is 0 Å². The summed E-state index contributed by atoms with van der Waals surface area (Å²) in [7, 11) is 4.53. The van der Waals surface area contributed by atoms with Gasteiger partial charge in [-0.2, -0.15) is 10.5 Å². The van der Waals surface area contributed by atoms with Crippen LogP contribution >= 0.6 is 0 Å². The summed E-state index contributed by atoms with van der Waals surface area (Å²) in [6.07, 6.45) is 19.7. The zero-order chi connectivity index (χ0) is 23.2. The summed E-state index contributed by atoms with van der Waals surface area (Å²) in [5.74, 6) is -1.22. The van der Waals surface area contributed by atoms with Gasteiger partial charge in [0, 0.05) is 12.9 Å². The Morgan fingerprint density at radius 2 is 1.06 bits per heavy atom. The van der Waals surface area contributed by atoms with Gasteiger partial charge in [-0.1, -0.05) is 84.0 Å². The molecule has 0 N–H and O–H groups in total. The Hall–Kier alpha value is -1.14. The molecule has 0 aliphatic heterocycles. The lowest BCUT2D eigenvalue weighted by molar-refractivity contribution is -0.890. The number of nitrogens with zero attached hydrogens (tertiary/aromatic N) is 3. The Labute approximate surface area is 193 Å². The van der Waals surface area contributed by atoms with Crippen LogP contribution in [-0.4, -0.2) is 44.6 Å². The molecular weight excluding hydrogens is 386 g/mol. The number of hydrogen-bond acceptors (Lipinski definition) is 4. The summed E-state index contributed by atoms with van der Waals surface area (Å²) in [6.45, 7) is 4.85. The average Bonchev–Trinajstić information content (AvgIpc) is 2.74. The van der Waals surface area contributed by atoms with Crippen LogP contribution in [0.1, 0.15) is 110 Å². The van der Waals surface area contributed by atoms with Crippen molar-refractivity contribution in [2.75, 3.05) is 33.8 Å². The maximum atomic E-state index is 11.5. The molecule has 0 spiro atoms. The first-order chi connectivity index (χ1) is 15.0. The summed E-state index contributed by atoms with van der Waals surface area (Å²) in [5, 5.41) is 28.9. The first kappa shape index (κ1) is 29.9. The smallest absolute Gasteiger partial charge is 0.144 e. The zero-order valence-corrected chi connectivity index (χ0v) is 20.7. The van der Waals surface area contributed by atoms with Crippen LogP contribution in [0.15, 0.2) is 0 Å². The maximum absolute atomic E-state index is 11.5. The first-order valence-electron chi connectivity index (χ1n) is 12.9. The quantitative estimate of drug-likeness (QED) is 0.124.